The van der Waals surface area contributed by atoms with Gasteiger partial charge in [-0.1, -0.05) is 6.07 Å². The topological polar surface area (TPSA) is 57.6 Å². The average Bonchev–Trinajstić information content (AvgIpc) is 2.60. The van der Waals surface area contributed by atoms with Gasteiger partial charge in [-0.25, -0.2) is 0 Å². The molecule has 0 spiro atoms. The van der Waals surface area contributed by atoms with Gasteiger partial charge in [0.15, 0.2) is 0 Å². The van der Waals surface area contributed by atoms with Crippen molar-refractivity contribution in [3.8, 4) is 0 Å². The number of aliphatic hydroxyl groups is 1. The lowest BCUT2D eigenvalue weighted by Crippen LogP contribution is -2.30. The quantitative estimate of drug-likeness (QED) is 0.669. The number of ketones is 1. The molecular formula is C13H14BrNO3. The number of carbonyl (C=O) groups excluding carboxylic acids is 2. The van der Waals surface area contributed by atoms with Gasteiger partial charge in [-0.15, -0.1) is 0 Å². The van der Waals surface area contributed by atoms with Crippen molar-refractivity contribution in [1.29, 1.82) is 0 Å². The van der Waals surface area contributed by atoms with E-state index in [4.69, 9.17) is 5.11 Å². The van der Waals surface area contributed by atoms with E-state index in [0.717, 1.165) is 19.3 Å². The molecule has 0 unspecified atom stereocenters. The molecule has 1 aliphatic heterocycles. The Morgan fingerprint density at radius 1 is 1.17 bits per heavy atom. The minimum absolute atomic E-state index is 0.162. The summed E-state index contributed by atoms with van der Waals surface area (Å²) in [5.74, 6) is -0.902. The Hall–Kier alpha value is -1.20. The van der Waals surface area contributed by atoms with Crippen molar-refractivity contribution in [1.82, 2.24) is 0 Å². The zero-order chi connectivity index (χ0) is 13.1. The van der Waals surface area contributed by atoms with Gasteiger partial charge in [0.25, 0.3) is 11.7 Å². The molecule has 5 heteroatoms. The molecule has 4 nitrogen and oxygen atoms in total. The van der Waals surface area contributed by atoms with Gasteiger partial charge in [0.2, 0.25) is 0 Å². The summed E-state index contributed by atoms with van der Waals surface area (Å²) in [5, 5.41) is 8.71. The van der Waals surface area contributed by atoms with Crippen molar-refractivity contribution in [3.05, 3.63) is 28.2 Å². The van der Waals surface area contributed by atoms with E-state index < -0.39 is 11.7 Å². The van der Waals surface area contributed by atoms with Crippen LogP contribution >= 0.6 is 15.9 Å². The van der Waals surface area contributed by atoms with Gasteiger partial charge < -0.3 is 10.0 Å². The Labute approximate surface area is 114 Å². The molecule has 1 amide bonds. The third kappa shape index (κ3) is 2.33. The summed E-state index contributed by atoms with van der Waals surface area (Å²) in [4.78, 5) is 25.3. The third-order valence-electron chi connectivity index (χ3n) is 2.99. The van der Waals surface area contributed by atoms with Gasteiger partial charge in [0.05, 0.1) is 11.3 Å². The van der Waals surface area contributed by atoms with Gasteiger partial charge >= 0.3 is 0 Å². The molecule has 0 radical (unpaired) electrons. The predicted molar refractivity (Wildman–Crippen MR) is 71.8 cm³/mol. The van der Waals surface area contributed by atoms with Gasteiger partial charge in [-0.3, -0.25) is 9.59 Å². The molecular weight excluding hydrogens is 298 g/mol. The average molecular weight is 312 g/mol. The zero-order valence-electron chi connectivity index (χ0n) is 9.86. The maximum Gasteiger partial charge on any atom is 0.299 e. The number of unbranched alkanes of at least 4 members (excludes halogenated alkanes) is 2. The first-order valence-electron chi connectivity index (χ1n) is 5.92. The number of hydrogen-bond acceptors (Lipinski definition) is 3. The molecule has 18 heavy (non-hydrogen) atoms. The maximum atomic E-state index is 11.9. The fourth-order valence-corrected chi connectivity index (χ4v) is 2.62. The van der Waals surface area contributed by atoms with Gasteiger partial charge in [-0.05, 0) is 47.3 Å². The van der Waals surface area contributed by atoms with Crippen molar-refractivity contribution >= 4 is 33.3 Å². The molecule has 0 saturated heterocycles. The van der Waals surface area contributed by atoms with Crippen LogP contribution in [0.2, 0.25) is 0 Å². The van der Waals surface area contributed by atoms with Crippen molar-refractivity contribution in [2.45, 2.75) is 19.3 Å². The highest BCUT2D eigenvalue weighted by Crippen LogP contribution is 2.34. The molecule has 2 rings (SSSR count). The first-order valence-corrected chi connectivity index (χ1v) is 6.71. The van der Waals surface area contributed by atoms with Crippen LogP contribution in [0.3, 0.4) is 0 Å². The minimum atomic E-state index is -0.458. The number of aliphatic hydroxyl groups excluding tert-OH is 1. The number of amides is 1. The van der Waals surface area contributed by atoms with Gasteiger partial charge in [-0.2, -0.15) is 0 Å². The van der Waals surface area contributed by atoms with Crippen LogP contribution in [0.1, 0.15) is 29.6 Å². The second kappa shape index (κ2) is 5.63. The first kappa shape index (κ1) is 13.2. The summed E-state index contributed by atoms with van der Waals surface area (Å²) >= 11 is 3.30. The largest absolute Gasteiger partial charge is 0.396 e. The molecule has 96 valence electrons. The summed E-state index contributed by atoms with van der Waals surface area (Å²) in [5.41, 5.74) is 1.15. The molecule has 1 aromatic carbocycles. The molecule has 0 aromatic heterocycles. The fourth-order valence-electron chi connectivity index (χ4n) is 2.08. The molecule has 0 saturated carbocycles. The van der Waals surface area contributed by atoms with Gasteiger partial charge in [0, 0.05) is 17.6 Å². The third-order valence-corrected chi connectivity index (χ3v) is 3.65. The molecule has 1 N–H and O–H groups in total. The first-order chi connectivity index (χ1) is 8.66. The molecule has 0 fully saturated rings. The van der Waals surface area contributed by atoms with E-state index in [9.17, 15) is 9.59 Å². The Morgan fingerprint density at radius 2 is 1.94 bits per heavy atom. The van der Waals surface area contributed by atoms with E-state index >= 15 is 0 Å². The van der Waals surface area contributed by atoms with E-state index in [1.807, 2.05) is 6.07 Å². The van der Waals surface area contributed by atoms with Crippen molar-refractivity contribution in [2.75, 3.05) is 18.1 Å². The number of rotatable bonds is 5. The molecule has 0 aliphatic carbocycles. The number of nitrogens with zero attached hydrogens (tertiary/aromatic N) is 1. The fraction of sp³-hybridized carbons (Fsp3) is 0.385. The monoisotopic (exact) mass is 311 g/mol. The Kier molecular flexibility index (Phi) is 4.14. The van der Waals surface area contributed by atoms with Crippen LogP contribution in [-0.2, 0) is 4.79 Å². The van der Waals surface area contributed by atoms with Crippen LogP contribution in [0.5, 0.6) is 0 Å². The number of hydrogen-bond donors (Lipinski definition) is 1. The Morgan fingerprint density at radius 3 is 2.67 bits per heavy atom. The predicted octanol–water partition coefficient (Wildman–Crippen LogP) is 2.14. The number of benzene rings is 1. The number of Topliss-reactive ketones (excluding diaryl/α,β-unsaturated/α-hetero) is 1. The highest BCUT2D eigenvalue weighted by atomic mass is 79.9. The van der Waals surface area contributed by atoms with Crippen LogP contribution in [0.15, 0.2) is 22.7 Å². The summed E-state index contributed by atoms with van der Waals surface area (Å²) in [7, 11) is 0. The number of fused-ring (bicyclic) bond motifs is 1. The highest BCUT2D eigenvalue weighted by molar-refractivity contribution is 9.10. The molecule has 0 atom stereocenters. The van der Waals surface area contributed by atoms with Gasteiger partial charge in [0.1, 0.15) is 0 Å². The summed E-state index contributed by atoms with van der Waals surface area (Å²) in [6, 6.07) is 5.36. The summed E-state index contributed by atoms with van der Waals surface area (Å²) in [6.07, 6.45) is 2.35. The number of anilines is 1. The summed E-state index contributed by atoms with van der Waals surface area (Å²) in [6.45, 7) is 0.684. The second-order valence-electron chi connectivity index (χ2n) is 4.20. The lowest BCUT2D eigenvalue weighted by Gasteiger charge is -2.16. The van der Waals surface area contributed by atoms with E-state index in [1.165, 1.54) is 4.90 Å². The highest BCUT2D eigenvalue weighted by Gasteiger charge is 2.36. The van der Waals surface area contributed by atoms with Crippen LogP contribution in [0, 0.1) is 0 Å². The minimum Gasteiger partial charge on any atom is -0.396 e. The van der Waals surface area contributed by atoms with Crippen LogP contribution in [0.4, 0.5) is 5.69 Å². The number of halogens is 1. The SMILES string of the molecule is O=C1C(=O)N(CCCCCO)c2cccc(Br)c21. The lowest BCUT2D eigenvalue weighted by molar-refractivity contribution is -0.114. The molecule has 1 aromatic rings. The maximum absolute atomic E-state index is 11.9. The van der Waals surface area contributed by atoms with Crippen LogP contribution in [-0.4, -0.2) is 29.9 Å². The second-order valence-corrected chi connectivity index (χ2v) is 5.06. The van der Waals surface area contributed by atoms with Crippen molar-refractivity contribution in [2.24, 2.45) is 0 Å². The molecule has 1 aliphatic rings. The Bertz CT molecular complexity index is 487. The van der Waals surface area contributed by atoms with Crippen molar-refractivity contribution in [3.63, 3.8) is 0 Å². The van der Waals surface area contributed by atoms with E-state index in [-0.39, 0.29) is 6.61 Å². The van der Waals surface area contributed by atoms with Crippen molar-refractivity contribution < 1.29 is 14.7 Å². The van der Waals surface area contributed by atoms with Crippen LogP contribution < -0.4 is 4.90 Å². The van der Waals surface area contributed by atoms with E-state index in [1.54, 1.807) is 12.1 Å². The Balaban J connectivity index is 2.16. The number of carbonyl (C=O) groups is 2. The van der Waals surface area contributed by atoms with Crippen LogP contribution in [0.25, 0.3) is 0 Å². The lowest BCUT2D eigenvalue weighted by atomic mass is 10.1. The molecule has 0 bridgehead atoms. The normalized spacial score (nSPS) is 14.2. The standard InChI is InChI=1S/C13H14BrNO3/c14-9-5-4-6-10-11(9)12(17)13(18)15(10)7-2-1-3-8-16/h4-6,16H,1-3,7-8H2. The zero-order valence-corrected chi connectivity index (χ0v) is 11.4. The summed E-state index contributed by atoms with van der Waals surface area (Å²) < 4.78 is 0.663. The smallest absolute Gasteiger partial charge is 0.299 e. The molecule has 1 heterocycles. The van der Waals surface area contributed by atoms with E-state index in [0.29, 0.717) is 22.3 Å². The van der Waals surface area contributed by atoms with E-state index in [2.05, 4.69) is 15.9 Å².